The van der Waals surface area contributed by atoms with Crippen molar-refractivity contribution in [3.05, 3.63) is 60.7 Å². The highest BCUT2D eigenvalue weighted by Crippen LogP contribution is 2.29. The lowest BCUT2D eigenvalue weighted by molar-refractivity contribution is 1.24. The molecule has 0 aromatic carbocycles. The molecule has 0 bridgehead atoms. The molecular weight excluding hydrogens is 248 g/mol. The third kappa shape index (κ3) is 2.23. The van der Waals surface area contributed by atoms with E-state index >= 15 is 0 Å². The summed E-state index contributed by atoms with van der Waals surface area (Å²) in [4.78, 5) is 12.7. The average Bonchev–Trinajstić information content (AvgIpc) is 2.49. The zero-order chi connectivity index (χ0) is 13.9. The molecule has 0 saturated heterocycles. The van der Waals surface area contributed by atoms with Crippen LogP contribution in [0.3, 0.4) is 0 Å². The Morgan fingerprint density at radius 3 is 2.55 bits per heavy atom. The van der Waals surface area contributed by atoms with Crippen LogP contribution < -0.4 is 5.73 Å². The molecule has 98 valence electrons. The summed E-state index contributed by atoms with van der Waals surface area (Å²) in [5.41, 5.74) is 10.9. The molecule has 3 heterocycles. The fraction of sp³-hybridized carbons (Fsp3) is 0.0625. The number of pyridine rings is 3. The highest BCUT2D eigenvalue weighted by Gasteiger charge is 2.09. The summed E-state index contributed by atoms with van der Waals surface area (Å²) in [6.45, 7) is 2.02. The van der Waals surface area contributed by atoms with E-state index in [1.54, 1.807) is 18.6 Å². The van der Waals surface area contributed by atoms with Gasteiger partial charge in [-0.15, -0.1) is 0 Å². The Bertz CT molecular complexity index is 738. The van der Waals surface area contributed by atoms with E-state index < -0.39 is 0 Å². The molecule has 0 saturated carbocycles. The number of nitrogens with zero attached hydrogens (tertiary/aromatic N) is 3. The number of hydrogen-bond donors (Lipinski definition) is 1. The Hall–Kier alpha value is -2.75. The highest BCUT2D eigenvalue weighted by molar-refractivity contribution is 5.78. The molecule has 0 atom stereocenters. The largest absolute Gasteiger partial charge is 0.383 e. The number of nitrogen functional groups attached to an aromatic ring is 1. The normalized spacial score (nSPS) is 10.4. The maximum absolute atomic E-state index is 5.97. The minimum Gasteiger partial charge on any atom is -0.383 e. The van der Waals surface area contributed by atoms with Crippen LogP contribution in [0.2, 0.25) is 0 Å². The fourth-order valence-corrected chi connectivity index (χ4v) is 2.13. The molecule has 3 aromatic heterocycles. The lowest BCUT2D eigenvalue weighted by atomic mass is 10.0. The summed E-state index contributed by atoms with van der Waals surface area (Å²) in [6, 6.07) is 9.77. The van der Waals surface area contributed by atoms with Crippen molar-refractivity contribution < 1.29 is 0 Å². The maximum atomic E-state index is 5.97. The van der Waals surface area contributed by atoms with Crippen molar-refractivity contribution in [1.82, 2.24) is 15.0 Å². The van der Waals surface area contributed by atoms with Gasteiger partial charge in [-0.05, 0) is 48.4 Å². The van der Waals surface area contributed by atoms with Crippen molar-refractivity contribution in [3.8, 4) is 22.4 Å². The van der Waals surface area contributed by atoms with Crippen LogP contribution in [0.5, 0.6) is 0 Å². The van der Waals surface area contributed by atoms with Crippen LogP contribution in [-0.2, 0) is 0 Å². The predicted molar refractivity (Wildman–Crippen MR) is 79.8 cm³/mol. The molecule has 0 fully saturated rings. The molecule has 3 rings (SSSR count). The second-order valence-electron chi connectivity index (χ2n) is 4.56. The first kappa shape index (κ1) is 12.3. The van der Waals surface area contributed by atoms with Crippen molar-refractivity contribution in [3.63, 3.8) is 0 Å². The van der Waals surface area contributed by atoms with E-state index in [0.717, 1.165) is 27.9 Å². The van der Waals surface area contributed by atoms with Crippen molar-refractivity contribution in [2.45, 2.75) is 6.92 Å². The van der Waals surface area contributed by atoms with E-state index in [1.165, 1.54) is 0 Å². The minimum atomic E-state index is 0.527. The van der Waals surface area contributed by atoms with Crippen LogP contribution in [0.15, 0.2) is 55.1 Å². The Morgan fingerprint density at radius 2 is 1.80 bits per heavy atom. The van der Waals surface area contributed by atoms with Crippen molar-refractivity contribution >= 4 is 5.82 Å². The predicted octanol–water partition coefficient (Wildman–Crippen LogP) is 3.10. The monoisotopic (exact) mass is 262 g/mol. The van der Waals surface area contributed by atoms with E-state index in [-0.39, 0.29) is 0 Å². The molecule has 3 aromatic rings. The van der Waals surface area contributed by atoms with Crippen LogP contribution in [-0.4, -0.2) is 15.0 Å². The van der Waals surface area contributed by atoms with Crippen molar-refractivity contribution in [2.24, 2.45) is 0 Å². The summed E-state index contributed by atoms with van der Waals surface area (Å²) in [7, 11) is 0. The molecule has 0 radical (unpaired) electrons. The van der Waals surface area contributed by atoms with Gasteiger partial charge in [-0.25, -0.2) is 4.98 Å². The van der Waals surface area contributed by atoms with Gasteiger partial charge in [-0.2, -0.15) is 0 Å². The van der Waals surface area contributed by atoms with Crippen LogP contribution in [0.1, 0.15) is 5.56 Å². The maximum Gasteiger partial charge on any atom is 0.131 e. The van der Waals surface area contributed by atoms with Gasteiger partial charge in [0.15, 0.2) is 0 Å². The van der Waals surface area contributed by atoms with E-state index in [0.29, 0.717) is 5.82 Å². The van der Waals surface area contributed by atoms with Gasteiger partial charge in [0, 0.05) is 35.9 Å². The molecule has 20 heavy (non-hydrogen) atoms. The van der Waals surface area contributed by atoms with Gasteiger partial charge < -0.3 is 5.73 Å². The minimum absolute atomic E-state index is 0.527. The van der Waals surface area contributed by atoms with Gasteiger partial charge in [-0.3, -0.25) is 9.97 Å². The summed E-state index contributed by atoms with van der Waals surface area (Å²) in [6.07, 6.45) is 7.09. The van der Waals surface area contributed by atoms with Gasteiger partial charge in [0.25, 0.3) is 0 Å². The summed E-state index contributed by atoms with van der Waals surface area (Å²) in [5.74, 6) is 0.527. The standard InChI is InChI=1S/C16H14N4/c1-11-9-20-15(12-4-2-6-18-10-12)8-14(11)13-5-3-7-19-16(13)17/h2-10H,1H3,(H2,17,19). The van der Waals surface area contributed by atoms with E-state index in [4.69, 9.17) is 5.73 Å². The molecule has 0 amide bonds. The van der Waals surface area contributed by atoms with Gasteiger partial charge in [-0.1, -0.05) is 0 Å². The Kier molecular flexibility index (Phi) is 3.13. The van der Waals surface area contributed by atoms with Crippen LogP contribution in [0.4, 0.5) is 5.82 Å². The Labute approximate surface area is 117 Å². The average molecular weight is 262 g/mol. The first-order chi connectivity index (χ1) is 9.75. The van der Waals surface area contributed by atoms with E-state index in [9.17, 15) is 0 Å². The third-order valence-electron chi connectivity index (χ3n) is 3.19. The zero-order valence-corrected chi connectivity index (χ0v) is 11.1. The Balaban J connectivity index is 2.15. The van der Waals surface area contributed by atoms with Gasteiger partial charge in [0.2, 0.25) is 0 Å². The second-order valence-corrected chi connectivity index (χ2v) is 4.56. The molecule has 0 spiro atoms. The summed E-state index contributed by atoms with van der Waals surface area (Å²) >= 11 is 0. The fourth-order valence-electron chi connectivity index (χ4n) is 2.13. The van der Waals surface area contributed by atoms with E-state index in [1.807, 2.05) is 43.5 Å². The van der Waals surface area contributed by atoms with Crippen LogP contribution >= 0.6 is 0 Å². The number of anilines is 1. The quantitative estimate of drug-likeness (QED) is 0.770. The highest BCUT2D eigenvalue weighted by atomic mass is 14.8. The molecule has 0 aliphatic carbocycles. The number of hydrogen-bond acceptors (Lipinski definition) is 4. The number of rotatable bonds is 2. The van der Waals surface area contributed by atoms with Gasteiger partial charge >= 0.3 is 0 Å². The third-order valence-corrected chi connectivity index (χ3v) is 3.19. The van der Waals surface area contributed by atoms with Crippen molar-refractivity contribution in [1.29, 1.82) is 0 Å². The lowest BCUT2D eigenvalue weighted by Crippen LogP contribution is -1.96. The number of aromatic nitrogens is 3. The lowest BCUT2D eigenvalue weighted by Gasteiger charge is -2.10. The molecule has 2 N–H and O–H groups in total. The number of nitrogens with two attached hydrogens (primary N) is 1. The summed E-state index contributed by atoms with van der Waals surface area (Å²) < 4.78 is 0. The van der Waals surface area contributed by atoms with Crippen molar-refractivity contribution in [2.75, 3.05) is 5.73 Å². The van der Waals surface area contributed by atoms with E-state index in [2.05, 4.69) is 15.0 Å². The zero-order valence-electron chi connectivity index (χ0n) is 11.1. The topological polar surface area (TPSA) is 64.7 Å². The first-order valence-electron chi connectivity index (χ1n) is 6.33. The summed E-state index contributed by atoms with van der Waals surface area (Å²) in [5, 5.41) is 0. The SMILES string of the molecule is Cc1cnc(-c2cccnc2)cc1-c1cccnc1N. The number of aryl methyl sites for hydroxylation is 1. The first-order valence-corrected chi connectivity index (χ1v) is 6.33. The van der Waals surface area contributed by atoms with Gasteiger partial charge in [0.1, 0.15) is 5.82 Å². The molecular formula is C16H14N4. The molecule has 0 aliphatic rings. The molecule has 0 aliphatic heterocycles. The van der Waals surface area contributed by atoms with Crippen LogP contribution in [0.25, 0.3) is 22.4 Å². The molecule has 4 heteroatoms. The molecule has 0 unspecified atom stereocenters. The van der Waals surface area contributed by atoms with Gasteiger partial charge in [0.05, 0.1) is 5.69 Å². The molecule has 4 nitrogen and oxygen atoms in total. The smallest absolute Gasteiger partial charge is 0.131 e. The van der Waals surface area contributed by atoms with Crippen LogP contribution in [0, 0.1) is 6.92 Å². The Morgan fingerprint density at radius 1 is 0.950 bits per heavy atom. The second kappa shape index (κ2) is 5.09.